The second kappa shape index (κ2) is 3.23. The van der Waals surface area contributed by atoms with Crippen molar-refractivity contribution in [3.05, 3.63) is 24.0 Å². The Bertz CT molecular complexity index is 507. The second-order valence-corrected chi connectivity index (χ2v) is 4.21. The molecule has 0 spiro atoms. The summed E-state index contributed by atoms with van der Waals surface area (Å²) in [6.07, 6.45) is 2.40. The number of H-pyrrole nitrogens is 1. The van der Waals surface area contributed by atoms with Gasteiger partial charge < -0.3 is 11.5 Å². The Morgan fingerprint density at radius 2 is 1.81 bits per heavy atom. The van der Waals surface area contributed by atoms with E-state index in [0.717, 1.165) is 11.4 Å². The number of nitrogens with two attached hydrogens (primary N) is 2. The van der Waals surface area contributed by atoms with Gasteiger partial charge in [0.1, 0.15) is 5.82 Å². The van der Waals surface area contributed by atoms with E-state index >= 15 is 0 Å². The van der Waals surface area contributed by atoms with Crippen LogP contribution in [-0.2, 0) is 0 Å². The van der Waals surface area contributed by atoms with Crippen molar-refractivity contribution in [3.8, 4) is 11.4 Å². The molecule has 0 aliphatic heterocycles. The molecular weight excluding hydrogens is 202 g/mol. The third-order valence-electron chi connectivity index (χ3n) is 2.70. The van der Waals surface area contributed by atoms with Crippen molar-refractivity contribution in [1.29, 1.82) is 0 Å². The van der Waals surface area contributed by atoms with Crippen LogP contribution in [0.25, 0.3) is 11.4 Å². The number of aromatic nitrogens is 3. The van der Waals surface area contributed by atoms with Gasteiger partial charge in [-0.1, -0.05) is 0 Å². The highest BCUT2D eigenvalue weighted by Gasteiger charge is 2.27. The second-order valence-electron chi connectivity index (χ2n) is 4.21. The molecule has 0 saturated heterocycles. The van der Waals surface area contributed by atoms with Gasteiger partial charge in [0.25, 0.3) is 0 Å². The molecule has 1 heterocycles. The predicted octanol–water partition coefficient (Wildman–Crippen LogP) is 1.51. The largest absolute Gasteiger partial charge is 0.399 e. The van der Waals surface area contributed by atoms with E-state index in [-0.39, 0.29) is 0 Å². The summed E-state index contributed by atoms with van der Waals surface area (Å²) < 4.78 is 0. The number of hydrogen-bond acceptors (Lipinski definition) is 4. The average molecular weight is 215 g/mol. The number of anilines is 2. The molecule has 0 amide bonds. The van der Waals surface area contributed by atoms with Gasteiger partial charge in [-0.15, -0.1) is 0 Å². The highest BCUT2D eigenvalue weighted by atomic mass is 15.2. The average Bonchev–Trinajstić information content (AvgIpc) is 2.95. The van der Waals surface area contributed by atoms with Crippen LogP contribution in [0.4, 0.5) is 11.4 Å². The molecule has 1 aromatic carbocycles. The number of nitrogens with one attached hydrogen (secondary N) is 1. The SMILES string of the molecule is Nc1cc(N)cc(-c2n[nH]c(C3CC3)n2)c1. The quantitative estimate of drug-likeness (QED) is 0.662. The zero-order valence-electron chi connectivity index (χ0n) is 8.77. The minimum Gasteiger partial charge on any atom is -0.399 e. The van der Waals surface area contributed by atoms with Crippen molar-refractivity contribution in [2.75, 3.05) is 11.5 Å². The van der Waals surface area contributed by atoms with Crippen molar-refractivity contribution >= 4 is 11.4 Å². The van der Waals surface area contributed by atoms with Crippen LogP contribution in [0, 0.1) is 0 Å². The zero-order chi connectivity index (χ0) is 11.1. The van der Waals surface area contributed by atoms with Crippen molar-refractivity contribution in [2.24, 2.45) is 0 Å². The fourth-order valence-electron chi connectivity index (χ4n) is 1.75. The van der Waals surface area contributed by atoms with Crippen LogP contribution in [0.5, 0.6) is 0 Å². The highest BCUT2D eigenvalue weighted by molar-refractivity contribution is 5.67. The van der Waals surface area contributed by atoms with Crippen molar-refractivity contribution in [3.63, 3.8) is 0 Å². The van der Waals surface area contributed by atoms with Gasteiger partial charge in [0, 0.05) is 22.9 Å². The van der Waals surface area contributed by atoms with Crippen molar-refractivity contribution in [1.82, 2.24) is 15.2 Å². The smallest absolute Gasteiger partial charge is 0.181 e. The third kappa shape index (κ3) is 1.60. The molecule has 3 rings (SSSR count). The Balaban J connectivity index is 2.00. The van der Waals surface area contributed by atoms with E-state index in [0.29, 0.717) is 23.1 Å². The zero-order valence-corrected chi connectivity index (χ0v) is 8.77. The van der Waals surface area contributed by atoms with Crippen LogP contribution in [-0.4, -0.2) is 15.2 Å². The van der Waals surface area contributed by atoms with Gasteiger partial charge in [-0.05, 0) is 31.0 Å². The molecule has 16 heavy (non-hydrogen) atoms. The normalized spacial score (nSPS) is 15.2. The van der Waals surface area contributed by atoms with Gasteiger partial charge in [0.15, 0.2) is 5.82 Å². The van der Waals surface area contributed by atoms with E-state index in [1.54, 1.807) is 6.07 Å². The van der Waals surface area contributed by atoms with Gasteiger partial charge in [0.05, 0.1) is 0 Å². The Hall–Kier alpha value is -2.04. The van der Waals surface area contributed by atoms with E-state index in [1.807, 2.05) is 12.1 Å². The Morgan fingerprint density at radius 1 is 1.12 bits per heavy atom. The first kappa shape index (κ1) is 9.21. The Kier molecular flexibility index (Phi) is 1.86. The molecule has 5 nitrogen and oxygen atoms in total. The molecule has 1 aliphatic carbocycles. The molecule has 5 heteroatoms. The van der Waals surface area contributed by atoms with Gasteiger partial charge in [0.2, 0.25) is 0 Å². The maximum atomic E-state index is 5.73. The number of benzene rings is 1. The topological polar surface area (TPSA) is 93.6 Å². The summed E-state index contributed by atoms with van der Waals surface area (Å²) in [4.78, 5) is 4.45. The predicted molar refractivity (Wildman–Crippen MR) is 62.6 cm³/mol. The summed E-state index contributed by atoms with van der Waals surface area (Å²) in [5.41, 5.74) is 13.6. The number of aromatic amines is 1. The lowest BCUT2D eigenvalue weighted by Crippen LogP contribution is -1.92. The lowest BCUT2D eigenvalue weighted by atomic mass is 10.1. The minimum atomic E-state index is 0.569. The first-order valence-electron chi connectivity index (χ1n) is 5.31. The lowest BCUT2D eigenvalue weighted by molar-refractivity contribution is 0.935. The van der Waals surface area contributed by atoms with Gasteiger partial charge in [-0.3, -0.25) is 5.10 Å². The molecule has 1 fully saturated rings. The Labute approximate surface area is 92.9 Å². The molecule has 5 N–H and O–H groups in total. The third-order valence-corrected chi connectivity index (χ3v) is 2.70. The molecule has 0 bridgehead atoms. The van der Waals surface area contributed by atoms with E-state index in [2.05, 4.69) is 15.2 Å². The van der Waals surface area contributed by atoms with Gasteiger partial charge in [-0.2, -0.15) is 5.10 Å². The standard InChI is InChI=1S/C11H13N5/c12-8-3-7(4-9(13)5-8)11-14-10(15-16-11)6-1-2-6/h3-6H,1-2,12-13H2,(H,14,15,16). The van der Waals surface area contributed by atoms with Crippen molar-refractivity contribution < 1.29 is 0 Å². The van der Waals surface area contributed by atoms with Gasteiger partial charge in [-0.25, -0.2) is 4.98 Å². The van der Waals surface area contributed by atoms with Crippen LogP contribution < -0.4 is 11.5 Å². The maximum absolute atomic E-state index is 5.73. The van der Waals surface area contributed by atoms with Crippen molar-refractivity contribution in [2.45, 2.75) is 18.8 Å². The molecule has 1 aromatic heterocycles. The lowest BCUT2D eigenvalue weighted by Gasteiger charge is -2.00. The summed E-state index contributed by atoms with van der Waals surface area (Å²) in [5, 5.41) is 7.15. The number of nitrogens with zero attached hydrogens (tertiary/aromatic N) is 2. The molecule has 0 radical (unpaired) electrons. The summed E-state index contributed by atoms with van der Waals surface area (Å²) >= 11 is 0. The molecule has 1 aliphatic rings. The first-order valence-corrected chi connectivity index (χ1v) is 5.31. The van der Waals surface area contributed by atoms with E-state index < -0.39 is 0 Å². The molecule has 82 valence electrons. The van der Waals surface area contributed by atoms with Crippen LogP contribution in [0.2, 0.25) is 0 Å². The molecular formula is C11H13N5. The maximum Gasteiger partial charge on any atom is 0.181 e. The summed E-state index contributed by atoms with van der Waals surface area (Å²) in [6, 6.07) is 5.38. The fourth-order valence-corrected chi connectivity index (χ4v) is 1.75. The fraction of sp³-hybridized carbons (Fsp3) is 0.273. The number of hydrogen-bond donors (Lipinski definition) is 3. The first-order chi connectivity index (χ1) is 7.72. The van der Waals surface area contributed by atoms with Gasteiger partial charge >= 0.3 is 0 Å². The molecule has 1 saturated carbocycles. The van der Waals surface area contributed by atoms with Crippen LogP contribution in [0.3, 0.4) is 0 Å². The molecule has 0 atom stereocenters. The van der Waals surface area contributed by atoms with E-state index in [1.165, 1.54) is 12.8 Å². The number of nitrogen functional groups attached to an aromatic ring is 2. The summed E-state index contributed by atoms with van der Waals surface area (Å²) in [6.45, 7) is 0. The minimum absolute atomic E-state index is 0.569. The highest BCUT2D eigenvalue weighted by Crippen LogP contribution is 2.38. The summed E-state index contributed by atoms with van der Waals surface area (Å²) in [7, 11) is 0. The number of rotatable bonds is 2. The summed E-state index contributed by atoms with van der Waals surface area (Å²) in [5.74, 6) is 2.21. The monoisotopic (exact) mass is 215 g/mol. The molecule has 2 aromatic rings. The van der Waals surface area contributed by atoms with E-state index in [9.17, 15) is 0 Å². The van der Waals surface area contributed by atoms with Crippen LogP contribution in [0.15, 0.2) is 18.2 Å². The van der Waals surface area contributed by atoms with Crippen LogP contribution >= 0.6 is 0 Å². The van der Waals surface area contributed by atoms with Crippen LogP contribution in [0.1, 0.15) is 24.6 Å². The molecule has 0 unspecified atom stereocenters. The van der Waals surface area contributed by atoms with E-state index in [4.69, 9.17) is 11.5 Å². The Morgan fingerprint density at radius 3 is 2.44 bits per heavy atom.